The second kappa shape index (κ2) is 23.9. The van der Waals surface area contributed by atoms with E-state index >= 15 is 0 Å². The maximum atomic E-state index is 14.7. The Morgan fingerprint density at radius 1 is 0.913 bits per heavy atom. The molecule has 0 saturated heterocycles. The number of aromatic nitrogens is 2. The third kappa shape index (κ3) is 13.5. The zero-order valence-electron chi connectivity index (χ0n) is 39.2. The van der Waals surface area contributed by atoms with Gasteiger partial charge in [0.1, 0.15) is 61.0 Å². The molecule has 0 spiro atoms. The SMILES string of the molecule is C[C@@H]1NC(=O)[C@@H](N(C)C(=O)[C@H](CCN)NC(=O)c2cnc(-c3ccc(C(C)(C)C)cc3)nc2OCC(=O)O)c2ccc(OCCN)c(c2)-c2cc(ccc2OCCN)C[C@@H](C(=O)NCC#N)NC1=O. The Labute approximate surface area is 399 Å². The summed E-state index contributed by atoms with van der Waals surface area (Å²) >= 11 is 0. The average molecular weight is 950 g/mol. The van der Waals surface area contributed by atoms with Crippen LogP contribution in [-0.4, -0.2) is 127 Å². The molecule has 5 rings (SSSR count). The summed E-state index contributed by atoms with van der Waals surface area (Å²) in [5, 5.41) is 29.1. The van der Waals surface area contributed by atoms with E-state index in [2.05, 4.69) is 52.0 Å². The molecule has 366 valence electrons. The van der Waals surface area contributed by atoms with E-state index in [4.69, 9.17) is 31.4 Å². The highest BCUT2D eigenvalue weighted by molar-refractivity contribution is 6.00. The van der Waals surface area contributed by atoms with Crippen LogP contribution in [-0.2, 0) is 35.8 Å². The van der Waals surface area contributed by atoms with Gasteiger partial charge in [0.25, 0.3) is 5.91 Å². The number of amides is 5. The summed E-state index contributed by atoms with van der Waals surface area (Å²) < 4.78 is 17.6. The van der Waals surface area contributed by atoms with Gasteiger partial charge in [0.15, 0.2) is 12.4 Å². The first-order chi connectivity index (χ1) is 32.9. The molecule has 11 N–H and O–H groups in total. The molecule has 5 amide bonds. The van der Waals surface area contributed by atoms with Gasteiger partial charge in [-0.3, -0.25) is 24.0 Å². The van der Waals surface area contributed by atoms with Crippen LogP contribution in [0.1, 0.15) is 67.2 Å². The Kier molecular flexibility index (Phi) is 18.1. The minimum Gasteiger partial charge on any atom is -0.492 e. The lowest BCUT2D eigenvalue weighted by Crippen LogP contribution is -2.56. The lowest BCUT2D eigenvalue weighted by atomic mass is 9.87. The summed E-state index contributed by atoms with van der Waals surface area (Å²) in [6.07, 6.45) is 0.995. The van der Waals surface area contributed by atoms with Crippen molar-refractivity contribution < 1.29 is 48.1 Å². The molecule has 0 fully saturated rings. The Morgan fingerprint density at radius 3 is 2.17 bits per heavy atom. The van der Waals surface area contributed by atoms with E-state index in [-0.39, 0.29) is 80.5 Å². The van der Waals surface area contributed by atoms with Gasteiger partial charge in [-0.15, -0.1) is 0 Å². The van der Waals surface area contributed by atoms with E-state index in [0.717, 1.165) is 16.7 Å². The zero-order valence-corrected chi connectivity index (χ0v) is 39.2. The minimum absolute atomic E-state index is 0.0322. The highest BCUT2D eigenvalue weighted by atomic mass is 16.5. The summed E-state index contributed by atoms with van der Waals surface area (Å²) in [6.45, 7) is 6.83. The molecule has 4 aromatic rings. The van der Waals surface area contributed by atoms with Gasteiger partial charge in [-0.1, -0.05) is 57.2 Å². The number of carbonyl (C=O) groups is 6. The number of nitrogens with zero attached hydrogens (tertiary/aromatic N) is 4. The summed E-state index contributed by atoms with van der Waals surface area (Å²) in [5.41, 5.74) is 20.5. The maximum absolute atomic E-state index is 14.7. The lowest BCUT2D eigenvalue weighted by Gasteiger charge is -2.32. The second-order valence-corrected chi connectivity index (χ2v) is 17.1. The van der Waals surface area contributed by atoms with Gasteiger partial charge < -0.3 is 62.7 Å². The molecule has 3 aromatic carbocycles. The summed E-state index contributed by atoms with van der Waals surface area (Å²) in [7, 11) is 1.34. The molecule has 4 bridgehead atoms. The van der Waals surface area contributed by atoms with Gasteiger partial charge in [-0.05, 0) is 66.3 Å². The van der Waals surface area contributed by atoms with Gasteiger partial charge >= 0.3 is 5.97 Å². The molecule has 4 atom stereocenters. The number of ether oxygens (including phenoxy) is 3. The van der Waals surface area contributed by atoms with E-state index < -0.39 is 66.3 Å². The van der Waals surface area contributed by atoms with Crippen LogP contribution in [0.5, 0.6) is 17.4 Å². The van der Waals surface area contributed by atoms with Crippen LogP contribution in [0.2, 0.25) is 0 Å². The van der Waals surface area contributed by atoms with Crippen LogP contribution in [0.15, 0.2) is 66.9 Å². The number of likely N-dealkylation sites (N-methyl/N-ethyl adjacent to an activating group) is 1. The minimum atomic E-state index is -1.50. The standard InChI is InChI=1S/C48H59N11O10/c1-27-42(62)57-36(44(64)53-19-16-50)23-28-6-12-37(67-20-17-51)32(22-28)33-24-30(9-13-38(33)68-21-18-52)40(45(65)55-27)59(5)47(66)35(14-15-49)56-43(63)34-25-54-41(58-46(34)69-26-39(60)61)29-7-10-31(11-8-29)48(2,3)4/h6-13,22,24-25,27,35-36,40H,14-15,17-21,23,26,49,51-52H2,1-5H3,(H,53,64)(H,55,65)(H,56,63)(H,57,62)(H,60,61)/t27-,35-,36-,40-/m0/s1. The number of rotatable bonds is 18. The number of nitrogens with one attached hydrogen (secondary N) is 4. The molecule has 0 unspecified atom stereocenters. The van der Waals surface area contributed by atoms with E-state index in [9.17, 15) is 39.1 Å². The topological polar surface area (TPSA) is 329 Å². The van der Waals surface area contributed by atoms with E-state index in [1.165, 1.54) is 14.0 Å². The van der Waals surface area contributed by atoms with Gasteiger partial charge in [0.2, 0.25) is 29.5 Å². The molecular weight excluding hydrogens is 891 g/mol. The fourth-order valence-electron chi connectivity index (χ4n) is 7.39. The fourth-order valence-corrected chi connectivity index (χ4v) is 7.39. The van der Waals surface area contributed by atoms with Crippen molar-refractivity contribution in [2.45, 2.75) is 70.1 Å². The van der Waals surface area contributed by atoms with Crippen LogP contribution in [0.25, 0.3) is 22.5 Å². The van der Waals surface area contributed by atoms with Crippen LogP contribution >= 0.6 is 0 Å². The van der Waals surface area contributed by atoms with Gasteiger partial charge in [-0.25, -0.2) is 9.78 Å². The molecule has 1 aliphatic heterocycles. The molecule has 21 nitrogen and oxygen atoms in total. The largest absolute Gasteiger partial charge is 0.492 e. The highest BCUT2D eigenvalue weighted by Crippen LogP contribution is 2.40. The van der Waals surface area contributed by atoms with E-state index in [1.54, 1.807) is 48.5 Å². The number of nitrogens with two attached hydrogens (primary N) is 3. The predicted octanol–water partition coefficient (Wildman–Crippen LogP) is 1.08. The molecule has 2 heterocycles. The highest BCUT2D eigenvalue weighted by Gasteiger charge is 2.36. The van der Waals surface area contributed by atoms with Crippen molar-refractivity contribution in [2.75, 3.05) is 53.0 Å². The number of benzene rings is 3. The van der Waals surface area contributed by atoms with Crippen molar-refractivity contribution in [2.24, 2.45) is 17.2 Å². The van der Waals surface area contributed by atoms with Crippen molar-refractivity contribution in [1.29, 1.82) is 5.26 Å². The number of aliphatic carboxylic acids is 1. The first-order valence-electron chi connectivity index (χ1n) is 22.2. The quantitative estimate of drug-likeness (QED) is 0.0647. The number of carbonyl (C=O) groups excluding carboxylic acids is 5. The Bertz CT molecular complexity index is 2560. The summed E-state index contributed by atoms with van der Waals surface area (Å²) in [6, 6.07) is 13.8. The molecule has 0 radical (unpaired) electrons. The predicted molar refractivity (Wildman–Crippen MR) is 253 cm³/mol. The third-order valence-corrected chi connectivity index (χ3v) is 11.0. The Morgan fingerprint density at radius 2 is 1.57 bits per heavy atom. The smallest absolute Gasteiger partial charge is 0.341 e. The van der Waals surface area contributed by atoms with Crippen LogP contribution in [0.3, 0.4) is 0 Å². The number of carboxylic acids is 1. The van der Waals surface area contributed by atoms with Crippen molar-refractivity contribution in [1.82, 2.24) is 36.1 Å². The summed E-state index contributed by atoms with van der Waals surface area (Å²) in [5.74, 6) is -4.80. The molecule has 0 aliphatic carbocycles. The average Bonchev–Trinajstić information content (AvgIpc) is 3.32. The molecule has 1 aliphatic rings. The van der Waals surface area contributed by atoms with Gasteiger partial charge in [0, 0.05) is 49.4 Å². The summed E-state index contributed by atoms with van der Waals surface area (Å²) in [4.78, 5) is 92.0. The number of fused-ring (bicyclic) bond motifs is 5. The Hall–Kier alpha value is -7.67. The zero-order chi connectivity index (χ0) is 50.4. The van der Waals surface area contributed by atoms with Crippen molar-refractivity contribution in [3.63, 3.8) is 0 Å². The van der Waals surface area contributed by atoms with Crippen LogP contribution in [0.4, 0.5) is 0 Å². The lowest BCUT2D eigenvalue weighted by molar-refractivity contribution is -0.141. The second-order valence-electron chi connectivity index (χ2n) is 17.1. The number of carboxylic acid groups (broad SMARTS) is 1. The first-order valence-corrected chi connectivity index (χ1v) is 22.2. The molecule has 1 aromatic heterocycles. The number of hydrogen-bond donors (Lipinski definition) is 8. The number of nitriles is 1. The fraction of sp³-hybridized carbons (Fsp3) is 0.396. The van der Waals surface area contributed by atoms with E-state index in [1.807, 2.05) is 18.2 Å². The third-order valence-electron chi connectivity index (χ3n) is 11.0. The van der Waals surface area contributed by atoms with Crippen LogP contribution < -0.4 is 52.7 Å². The maximum Gasteiger partial charge on any atom is 0.341 e. The molecule has 21 heteroatoms. The molecule has 0 saturated carbocycles. The van der Waals surface area contributed by atoms with Crippen molar-refractivity contribution in [3.8, 4) is 46.0 Å². The first kappa shape index (κ1) is 52.3. The monoisotopic (exact) mass is 949 g/mol. The number of hydrogen-bond acceptors (Lipinski definition) is 15. The van der Waals surface area contributed by atoms with Crippen molar-refractivity contribution in [3.05, 3.63) is 89.1 Å². The van der Waals surface area contributed by atoms with Crippen LogP contribution in [0, 0.1) is 11.3 Å². The molecule has 69 heavy (non-hydrogen) atoms. The molecular formula is C48H59N11O10. The van der Waals surface area contributed by atoms with Gasteiger partial charge in [-0.2, -0.15) is 10.2 Å². The van der Waals surface area contributed by atoms with E-state index in [0.29, 0.717) is 33.8 Å². The normalized spacial score (nSPS) is 16.3. The Balaban J connectivity index is 1.58. The van der Waals surface area contributed by atoms with Gasteiger partial charge in [0.05, 0.1) is 6.07 Å². The van der Waals surface area contributed by atoms with Crippen molar-refractivity contribution >= 4 is 35.5 Å².